The Labute approximate surface area is 185 Å². The maximum absolute atomic E-state index is 13.2. The first kappa shape index (κ1) is 23.4. The molecule has 0 radical (unpaired) electrons. The van der Waals surface area contributed by atoms with Crippen LogP contribution in [0.2, 0.25) is 5.02 Å². The number of nitrogens with one attached hydrogen (secondary N) is 1. The predicted octanol–water partition coefficient (Wildman–Crippen LogP) is 4.37. The highest BCUT2D eigenvalue weighted by atomic mass is 35.5. The van der Waals surface area contributed by atoms with Crippen LogP contribution in [0.4, 0.5) is 0 Å². The van der Waals surface area contributed by atoms with Gasteiger partial charge in [-0.15, -0.1) is 0 Å². The highest BCUT2D eigenvalue weighted by Crippen LogP contribution is 2.32. The molecule has 1 aliphatic heterocycles. The van der Waals surface area contributed by atoms with Gasteiger partial charge in [-0.2, -0.15) is 4.31 Å². The van der Waals surface area contributed by atoms with Gasteiger partial charge in [-0.3, -0.25) is 4.79 Å². The monoisotopic (exact) mass is 456 g/mol. The third kappa shape index (κ3) is 5.89. The van der Waals surface area contributed by atoms with E-state index in [1.807, 2.05) is 6.92 Å². The number of carbonyl (C=O) groups excluding carboxylic acids is 1. The number of carbonyl (C=O) groups is 1. The Hall–Kier alpha value is -1.31. The lowest BCUT2D eigenvalue weighted by atomic mass is 9.94. The van der Waals surface area contributed by atoms with Crippen molar-refractivity contribution in [3.8, 4) is 5.75 Å². The van der Waals surface area contributed by atoms with Gasteiger partial charge in [0.2, 0.25) is 15.9 Å². The minimum absolute atomic E-state index is 0.0791. The summed E-state index contributed by atoms with van der Waals surface area (Å²) in [7, 11) is -3.73. The first-order chi connectivity index (χ1) is 14.4. The number of ether oxygens (including phenoxy) is 1. The molecule has 1 saturated carbocycles. The minimum Gasteiger partial charge on any atom is -0.492 e. The quantitative estimate of drug-likeness (QED) is 0.689. The molecule has 168 valence electrons. The molecule has 1 aromatic rings. The van der Waals surface area contributed by atoms with Crippen LogP contribution in [0, 0.1) is 5.92 Å². The summed E-state index contributed by atoms with van der Waals surface area (Å²) in [5.74, 6) is 0.258. The standard InChI is InChI=1S/C22H33ClN2O4S/c1-2-29-20-11-10-18(23)16-21(20)30(27,28)25-14-12-17(13-15-25)22(26)24-19-8-6-4-3-5-7-9-19/h10-11,16-17,19H,2-9,12-15H2,1H3,(H,24,26). The largest absolute Gasteiger partial charge is 0.492 e. The normalized spacial score (nSPS) is 20.3. The SMILES string of the molecule is CCOc1ccc(Cl)cc1S(=O)(=O)N1CCC(C(=O)NC2CCCCCCC2)CC1. The van der Waals surface area contributed by atoms with Gasteiger partial charge >= 0.3 is 0 Å². The lowest BCUT2D eigenvalue weighted by Crippen LogP contribution is -2.45. The average Bonchev–Trinajstić information content (AvgIpc) is 2.71. The maximum Gasteiger partial charge on any atom is 0.246 e. The highest BCUT2D eigenvalue weighted by molar-refractivity contribution is 7.89. The van der Waals surface area contributed by atoms with Crippen LogP contribution in [0.1, 0.15) is 64.7 Å². The number of benzene rings is 1. The van der Waals surface area contributed by atoms with Crippen LogP contribution in [-0.2, 0) is 14.8 Å². The molecule has 3 rings (SSSR count). The second-order valence-corrected chi connectivity index (χ2v) is 10.6. The molecule has 1 aromatic carbocycles. The molecule has 0 bridgehead atoms. The van der Waals surface area contributed by atoms with Gasteiger partial charge in [0.1, 0.15) is 10.6 Å². The molecule has 1 saturated heterocycles. The molecule has 6 nitrogen and oxygen atoms in total. The van der Waals surface area contributed by atoms with E-state index in [-0.39, 0.29) is 22.8 Å². The number of hydrogen-bond acceptors (Lipinski definition) is 4. The summed E-state index contributed by atoms with van der Waals surface area (Å²) in [5, 5.41) is 3.58. The van der Waals surface area contributed by atoms with E-state index in [9.17, 15) is 13.2 Å². The van der Waals surface area contributed by atoms with Gasteiger partial charge in [-0.25, -0.2) is 8.42 Å². The Bertz CT molecular complexity index is 814. The van der Waals surface area contributed by atoms with E-state index in [4.69, 9.17) is 16.3 Å². The van der Waals surface area contributed by atoms with Crippen molar-refractivity contribution >= 4 is 27.5 Å². The Kier molecular flexibility index (Phi) is 8.43. The van der Waals surface area contributed by atoms with Crippen LogP contribution in [0.3, 0.4) is 0 Å². The van der Waals surface area contributed by atoms with Gasteiger partial charge in [0.05, 0.1) is 6.61 Å². The number of amides is 1. The summed E-state index contributed by atoms with van der Waals surface area (Å²) in [4.78, 5) is 12.9. The fraction of sp³-hybridized carbons (Fsp3) is 0.682. The van der Waals surface area contributed by atoms with Crippen molar-refractivity contribution < 1.29 is 17.9 Å². The van der Waals surface area contributed by atoms with Crippen molar-refractivity contribution in [3.63, 3.8) is 0 Å². The zero-order valence-electron chi connectivity index (χ0n) is 17.7. The smallest absolute Gasteiger partial charge is 0.246 e. The molecule has 1 heterocycles. The molecular weight excluding hydrogens is 424 g/mol. The van der Waals surface area contributed by atoms with Gasteiger partial charge in [0.15, 0.2) is 0 Å². The van der Waals surface area contributed by atoms with E-state index in [0.717, 1.165) is 12.8 Å². The summed E-state index contributed by atoms with van der Waals surface area (Å²) in [6.07, 6.45) is 9.29. The van der Waals surface area contributed by atoms with Crippen molar-refractivity contribution in [2.24, 2.45) is 5.92 Å². The molecular formula is C22H33ClN2O4S. The number of nitrogens with zero attached hydrogens (tertiary/aromatic N) is 1. The second-order valence-electron chi connectivity index (χ2n) is 8.25. The van der Waals surface area contributed by atoms with Crippen LogP contribution in [-0.4, -0.2) is 44.4 Å². The summed E-state index contributed by atoms with van der Waals surface area (Å²) >= 11 is 6.05. The summed E-state index contributed by atoms with van der Waals surface area (Å²) < 4.78 is 33.3. The lowest BCUT2D eigenvalue weighted by Gasteiger charge is -2.32. The van der Waals surface area contributed by atoms with Crippen LogP contribution in [0.25, 0.3) is 0 Å². The third-order valence-electron chi connectivity index (χ3n) is 6.10. The van der Waals surface area contributed by atoms with Crippen LogP contribution in [0.15, 0.2) is 23.1 Å². The predicted molar refractivity (Wildman–Crippen MR) is 118 cm³/mol. The second kappa shape index (κ2) is 10.8. The summed E-state index contributed by atoms with van der Waals surface area (Å²) in [6.45, 7) is 2.82. The topological polar surface area (TPSA) is 75.7 Å². The highest BCUT2D eigenvalue weighted by Gasteiger charge is 2.34. The average molecular weight is 457 g/mol. The molecule has 0 atom stereocenters. The Morgan fingerprint density at radius 3 is 2.37 bits per heavy atom. The summed E-state index contributed by atoms with van der Waals surface area (Å²) in [6, 6.07) is 4.92. The lowest BCUT2D eigenvalue weighted by molar-refractivity contribution is -0.127. The fourth-order valence-electron chi connectivity index (χ4n) is 4.38. The molecule has 0 spiro atoms. The number of hydrogen-bond donors (Lipinski definition) is 1. The van der Waals surface area contributed by atoms with Crippen molar-refractivity contribution in [2.45, 2.75) is 75.6 Å². The Morgan fingerprint density at radius 1 is 1.10 bits per heavy atom. The van der Waals surface area contributed by atoms with E-state index in [2.05, 4.69) is 5.32 Å². The molecule has 8 heteroatoms. The van der Waals surface area contributed by atoms with E-state index in [0.29, 0.717) is 43.3 Å². The molecule has 30 heavy (non-hydrogen) atoms. The molecule has 0 aromatic heterocycles. The van der Waals surface area contributed by atoms with Gasteiger partial charge in [0.25, 0.3) is 0 Å². The van der Waals surface area contributed by atoms with E-state index >= 15 is 0 Å². The Balaban J connectivity index is 1.60. The van der Waals surface area contributed by atoms with Crippen LogP contribution < -0.4 is 10.1 Å². The fourth-order valence-corrected chi connectivity index (χ4v) is 6.24. The van der Waals surface area contributed by atoms with E-state index in [1.165, 1.54) is 42.5 Å². The van der Waals surface area contributed by atoms with Gasteiger partial charge in [0, 0.05) is 30.1 Å². The number of sulfonamides is 1. The molecule has 1 N–H and O–H groups in total. The molecule has 1 aliphatic carbocycles. The van der Waals surface area contributed by atoms with Crippen LogP contribution in [0.5, 0.6) is 5.75 Å². The van der Waals surface area contributed by atoms with Crippen molar-refractivity contribution in [1.29, 1.82) is 0 Å². The minimum atomic E-state index is -3.73. The number of halogens is 1. The van der Waals surface area contributed by atoms with Gasteiger partial charge in [-0.1, -0.05) is 43.7 Å². The van der Waals surface area contributed by atoms with E-state index < -0.39 is 10.0 Å². The maximum atomic E-state index is 13.2. The number of rotatable bonds is 6. The molecule has 2 fully saturated rings. The van der Waals surface area contributed by atoms with Crippen molar-refractivity contribution in [3.05, 3.63) is 23.2 Å². The molecule has 2 aliphatic rings. The van der Waals surface area contributed by atoms with Gasteiger partial charge < -0.3 is 10.1 Å². The van der Waals surface area contributed by atoms with E-state index in [1.54, 1.807) is 12.1 Å². The van der Waals surface area contributed by atoms with Gasteiger partial charge in [-0.05, 0) is 50.8 Å². The third-order valence-corrected chi connectivity index (χ3v) is 8.25. The summed E-state index contributed by atoms with van der Waals surface area (Å²) in [5.41, 5.74) is 0. The van der Waals surface area contributed by atoms with Crippen LogP contribution >= 0.6 is 11.6 Å². The first-order valence-corrected chi connectivity index (χ1v) is 13.0. The zero-order valence-corrected chi connectivity index (χ0v) is 19.3. The van der Waals surface area contributed by atoms with Crippen molar-refractivity contribution in [2.75, 3.05) is 19.7 Å². The molecule has 0 unspecified atom stereocenters. The zero-order chi connectivity index (χ0) is 21.6. The first-order valence-electron chi connectivity index (χ1n) is 11.1. The molecule has 1 amide bonds. The number of piperidine rings is 1. The van der Waals surface area contributed by atoms with Crippen molar-refractivity contribution in [1.82, 2.24) is 9.62 Å². The Morgan fingerprint density at radius 2 is 1.73 bits per heavy atom.